The topological polar surface area (TPSA) is 131 Å². The van der Waals surface area contributed by atoms with Crippen molar-refractivity contribution < 1.29 is 41.7 Å². The normalized spacial score (nSPS) is 23.9. The Morgan fingerprint density at radius 3 is 2.44 bits per heavy atom. The molecule has 306 valence electrons. The number of amides is 2. The first-order chi connectivity index (χ1) is 26.9. The van der Waals surface area contributed by atoms with Gasteiger partial charge in [0.15, 0.2) is 10.9 Å². The summed E-state index contributed by atoms with van der Waals surface area (Å²) < 4.78 is 70.7. The number of nitrogens with one attached hydrogen (secondary N) is 1. The molecule has 1 N–H and O–H groups in total. The van der Waals surface area contributed by atoms with E-state index in [1.54, 1.807) is 52.5 Å². The fraction of sp³-hybridized carbons (Fsp3) is 0.564. The van der Waals surface area contributed by atoms with Crippen LogP contribution < -0.4 is 15.0 Å². The standard InChI is InChI=1S/C39H45ClF3N7O6S/c1-37(2,3)55-35(51)47-34-45-30-23(8-9-26(42)31(30)57-34)27-25(40)12-24-29(28(27)43)44-33(54-19-39-10-7-11-49(39)14-20(41)13-39)46-32(24)50-21-15-48(16-22(50)18-53-17-21)36(52)56-38(4,5)6/h8-9,12,20-22H,7,10-11,13-19H2,1-6H3,(H,45,47,51)/t20-,21?,22?,39+/m1/s1. The van der Waals surface area contributed by atoms with E-state index in [-0.39, 0.29) is 81.3 Å². The summed E-state index contributed by atoms with van der Waals surface area (Å²) in [6.45, 7) is 12.7. The molecule has 4 aliphatic rings. The zero-order valence-corrected chi connectivity index (χ0v) is 34.2. The van der Waals surface area contributed by atoms with Crippen LogP contribution in [0.2, 0.25) is 5.02 Å². The van der Waals surface area contributed by atoms with Crippen LogP contribution in [0.15, 0.2) is 18.2 Å². The largest absolute Gasteiger partial charge is 0.461 e. The van der Waals surface area contributed by atoms with Crippen LogP contribution in [0.1, 0.15) is 60.8 Å². The average molecular weight is 832 g/mol. The molecular formula is C39H45ClF3N7O6S. The highest BCUT2D eigenvalue weighted by Crippen LogP contribution is 2.45. The number of benzene rings is 2. The summed E-state index contributed by atoms with van der Waals surface area (Å²) in [6.07, 6.45) is -0.252. The number of anilines is 2. The van der Waals surface area contributed by atoms with Gasteiger partial charge in [0.2, 0.25) is 0 Å². The van der Waals surface area contributed by atoms with E-state index in [1.807, 2.05) is 4.90 Å². The molecule has 2 bridgehead atoms. The highest BCUT2D eigenvalue weighted by atomic mass is 35.5. The summed E-state index contributed by atoms with van der Waals surface area (Å²) in [5, 5.41) is 2.85. The van der Waals surface area contributed by atoms with E-state index < -0.39 is 58.8 Å². The molecule has 4 aliphatic heterocycles. The maximum Gasteiger partial charge on any atom is 0.413 e. The van der Waals surface area contributed by atoms with E-state index in [1.165, 1.54) is 12.1 Å². The predicted molar refractivity (Wildman–Crippen MR) is 210 cm³/mol. The number of rotatable bonds is 6. The van der Waals surface area contributed by atoms with Crippen LogP contribution in [-0.4, -0.2) is 118 Å². The highest BCUT2D eigenvalue weighted by Gasteiger charge is 2.50. The van der Waals surface area contributed by atoms with Crippen LogP contribution in [0.3, 0.4) is 0 Å². The Labute approximate surface area is 336 Å². The predicted octanol–water partition coefficient (Wildman–Crippen LogP) is 7.96. The van der Waals surface area contributed by atoms with Gasteiger partial charge in [0.1, 0.15) is 41.1 Å². The van der Waals surface area contributed by atoms with Gasteiger partial charge in [-0.3, -0.25) is 10.2 Å². The number of carbonyl (C=O) groups excluding carboxylic acids is 2. The second-order valence-corrected chi connectivity index (χ2v) is 18.6. The Hall–Kier alpha value is -4.19. The number of morpholine rings is 1. The monoisotopic (exact) mass is 831 g/mol. The number of hydrogen-bond donors (Lipinski definition) is 1. The fourth-order valence-electron chi connectivity index (χ4n) is 8.42. The number of fused-ring (bicyclic) bond motifs is 5. The first-order valence-electron chi connectivity index (χ1n) is 19.0. The Kier molecular flexibility index (Phi) is 10.1. The molecule has 57 heavy (non-hydrogen) atoms. The van der Waals surface area contributed by atoms with Gasteiger partial charge in [0.05, 0.1) is 46.1 Å². The van der Waals surface area contributed by atoms with Gasteiger partial charge in [-0.2, -0.15) is 9.97 Å². The van der Waals surface area contributed by atoms with Crippen molar-refractivity contribution in [2.75, 3.05) is 56.2 Å². The van der Waals surface area contributed by atoms with Gasteiger partial charge >= 0.3 is 18.2 Å². The van der Waals surface area contributed by atoms with Gasteiger partial charge in [0, 0.05) is 42.6 Å². The molecule has 4 fully saturated rings. The van der Waals surface area contributed by atoms with Gasteiger partial charge in [0.25, 0.3) is 0 Å². The molecular weight excluding hydrogens is 787 g/mol. The zero-order valence-electron chi connectivity index (χ0n) is 32.6. The summed E-state index contributed by atoms with van der Waals surface area (Å²) in [5.41, 5.74) is -1.97. The van der Waals surface area contributed by atoms with Crippen molar-refractivity contribution in [2.45, 2.75) is 95.8 Å². The summed E-state index contributed by atoms with van der Waals surface area (Å²) >= 11 is 7.85. The number of hydrogen-bond acceptors (Lipinski definition) is 12. The molecule has 2 aromatic carbocycles. The number of alkyl halides is 1. The maximum atomic E-state index is 17.4. The SMILES string of the molecule is CC(C)(C)OC(=O)Nc1nc2c(-c3c(Cl)cc4c(N5C6COCC5CN(C(=O)OC(C)(C)C)C6)nc(OC[C@@]56CCCN5C[C@H](F)C6)nc4c3F)ccc(F)c2s1. The number of carbonyl (C=O) groups is 2. The summed E-state index contributed by atoms with van der Waals surface area (Å²) in [5.74, 6) is -1.11. The molecule has 0 saturated carbocycles. The van der Waals surface area contributed by atoms with Crippen molar-refractivity contribution in [2.24, 2.45) is 0 Å². The Balaban J connectivity index is 1.22. The van der Waals surface area contributed by atoms with Crippen molar-refractivity contribution in [3.63, 3.8) is 0 Å². The molecule has 2 amide bonds. The van der Waals surface area contributed by atoms with Gasteiger partial charge in [-0.05, 0) is 79.1 Å². The van der Waals surface area contributed by atoms with E-state index in [2.05, 4.69) is 20.2 Å². The number of ether oxygens (including phenoxy) is 4. The molecule has 4 atom stereocenters. The Morgan fingerprint density at radius 2 is 1.74 bits per heavy atom. The van der Waals surface area contributed by atoms with Crippen molar-refractivity contribution in [3.8, 4) is 17.1 Å². The third-order valence-corrected chi connectivity index (χ3v) is 11.9. The lowest BCUT2D eigenvalue weighted by molar-refractivity contribution is -0.0107. The fourth-order valence-corrected chi connectivity index (χ4v) is 9.60. The lowest BCUT2D eigenvalue weighted by Gasteiger charge is -2.50. The number of piperazine rings is 1. The van der Waals surface area contributed by atoms with E-state index >= 15 is 8.78 Å². The van der Waals surface area contributed by atoms with Crippen LogP contribution in [0.4, 0.5) is 33.7 Å². The number of aromatic nitrogens is 3. The molecule has 2 unspecified atom stereocenters. The minimum atomic E-state index is -0.983. The summed E-state index contributed by atoms with van der Waals surface area (Å²) in [4.78, 5) is 45.5. The number of halogens is 4. The molecule has 0 aliphatic carbocycles. The van der Waals surface area contributed by atoms with Gasteiger partial charge < -0.3 is 28.7 Å². The van der Waals surface area contributed by atoms with Crippen LogP contribution in [0.5, 0.6) is 6.01 Å². The first-order valence-corrected chi connectivity index (χ1v) is 20.2. The van der Waals surface area contributed by atoms with Crippen molar-refractivity contribution in [3.05, 3.63) is 34.9 Å². The molecule has 13 nitrogen and oxygen atoms in total. The number of nitrogens with zero attached hydrogens (tertiary/aromatic N) is 6. The van der Waals surface area contributed by atoms with Gasteiger partial charge in [-0.1, -0.05) is 22.9 Å². The lowest BCUT2D eigenvalue weighted by atomic mass is 9.95. The van der Waals surface area contributed by atoms with E-state index in [0.717, 1.165) is 30.7 Å². The smallest absolute Gasteiger partial charge is 0.413 e. The van der Waals surface area contributed by atoms with Crippen LogP contribution >= 0.6 is 22.9 Å². The quantitative estimate of drug-likeness (QED) is 0.203. The minimum absolute atomic E-state index is 0.0182. The second-order valence-electron chi connectivity index (χ2n) is 17.2. The molecule has 2 aromatic heterocycles. The van der Waals surface area contributed by atoms with Crippen LogP contribution in [-0.2, 0) is 14.2 Å². The molecule has 18 heteroatoms. The lowest BCUT2D eigenvalue weighted by Crippen LogP contribution is -2.66. The molecule has 6 heterocycles. The number of thiazole rings is 1. The highest BCUT2D eigenvalue weighted by molar-refractivity contribution is 7.22. The third kappa shape index (κ3) is 7.75. The molecule has 0 spiro atoms. The van der Waals surface area contributed by atoms with Crippen molar-refractivity contribution in [1.29, 1.82) is 0 Å². The molecule has 8 rings (SSSR count). The molecule has 4 saturated heterocycles. The summed E-state index contributed by atoms with van der Waals surface area (Å²) in [7, 11) is 0. The van der Waals surface area contributed by atoms with E-state index in [0.29, 0.717) is 18.8 Å². The van der Waals surface area contributed by atoms with Gasteiger partial charge in [-0.25, -0.2) is 27.7 Å². The second kappa shape index (κ2) is 14.6. The Bertz CT molecular complexity index is 2240. The molecule has 4 aromatic rings. The van der Waals surface area contributed by atoms with Gasteiger partial charge in [-0.15, -0.1) is 0 Å². The average Bonchev–Trinajstić information content (AvgIpc) is 3.78. The van der Waals surface area contributed by atoms with Crippen molar-refractivity contribution >= 4 is 67.2 Å². The third-order valence-electron chi connectivity index (χ3n) is 10.6. The maximum absolute atomic E-state index is 17.4. The van der Waals surface area contributed by atoms with E-state index in [9.17, 15) is 14.0 Å². The minimum Gasteiger partial charge on any atom is -0.461 e. The zero-order chi connectivity index (χ0) is 40.6. The first kappa shape index (κ1) is 39.6. The van der Waals surface area contributed by atoms with E-state index in [4.69, 9.17) is 35.5 Å². The van der Waals surface area contributed by atoms with Crippen LogP contribution in [0, 0.1) is 11.6 Å². The summed E-state index contributed by atoms with van der Waals surface area (Å²) in [6, 6.07) is 3.23. The van der Waals surface area contributed by atoms with Crippen molar-refractivity contribution in [1.82, 2.24) is 24.8 Å². The molecule has 0 radical (unpaired) electrons. The van der Waals surface area contributed by atoms with Crippen LogP contribution in [0.25, 0.3) is 32.2 Å². The Morgan fingerprint density at radius 1 is 1.02 bits per heavy atom.